The number of benzene rings is 3. The number of hydrogen-bond acceptors (Lipinski definition) is 0. The van der Waals surface area contributed by atoms with Crippen molar-refractivity contribution in [3.8, 4) is 0 Å². The van der Waals surface area contributed by atoms with Gasteiger partial charge in [-0.2, -0.15) is 13.2 Å². The average molecular weight is 535 g/mol. The van der Waals surface area contributed by atoms with Crippen molar-refractivity contribution in [3.05, 3.63) is 82.2 Å². The average Bonchev–Trinajstić information content (AvgIpc) is 2.87. The second-order valence-corrected chi connectivity index (χ2v) is 10.9. The first-order chi connectivity index (χ1) is 18.2. The highest BCUT2D eigenvalue weighted by Gasteiger charge is 2.37. The van der Waals surface area contributed by atoms with E-state index in [1.807, 2.05) is 18.2 Å². The molecule has 1 fully saturated rings. The maximum absolute atomic E-state index is 15.2. The fourth-order valence-corrected chi connectivity index (χ4v) is 5.92. The Hall–Kier alpha value is -2.50. The van der Waals surface area contributed by atoms with Crippen LogP contribution in [-0.4, -0.2) is 0 Å². The van der Waals surface area contributed by atoms with Gasteiger partial charge in [0.1, 0.15) is 23.0 Å². The van der Waals surface area contributed by atoms with E-state index in [9.17, 15) is 22.0 Å². The van der Waals surface area contributed by atoms with Gasteiger partial charge in [0.2, 0.25) is 0 Å². The summed E-state index contributed by atoms with van der Waals surface area (Å²) < 4.78 is 81.4. The second-order valence-electron chi connectivity index (χ2n) is 10.9. The van der Waals surface area contributed by atoms with Crippen molar-refractivity contribution in [1.82, 2.24) is 0 Å². The third-order valence-electron chi connectivity index (χ3n) is 8.19. The number of rotatable bonds is 10. The number of hydrogen-bond donors (Lipinski definition) is 0. The minimum atomic E-state index is -5.11. The summed E-state index contributed by atoms with van der Waals surface area (Å²) in [5.41, 5.74) is -0.297. The van der Waals surface area contributed by atoms with Crippen LogP contribution in [0.15, 0.2) is 42.5 Å². The molecule has 1 aliphatic carbocycles. The molecule has 206 valence electrons. The van der Waals surface area contributed by atoms with Gasteiger partial charge in [0.05, 0.1) is 0 Å². The van der Waals surface area contributed by atoms with E-state index in [1.165, 1.54) is 56.9 Å². The van der Waals surface area contributed by atoms with Gasteiger partial charge in [-0.3, -0.25) is 0 Å². The summed E-state index contributed by atoms with van der Waals surface area (Å²) in [5, 5.41) is 1.28. The van der Waals surface area contributed by atoms with Crippen LogP contribution in [0, 0.1) is 29.3 Å². The quantitative estimate of drug-likeness (QED) is 0.179. The predicted molar refractivity (Wildman–Crippen MR) is 141 cm³/mol. The summed E-state index contributed by atoms with van der Waals surface area (Å²) in [7, 11) is 0. The van der Waals surface area contributed by atoms with Crippen LogP contribution in [0.1, 0.15) is 87.0 Å². The molecule has 0 aliphatic heterocycles. The minimum absolute atomic E-state index is 0.0212. The van der Waals surface area contributed by atoms with Gasteiger partial charge in [0.25, 0.3) is 0 Å². The Morgan fingerprint density at radius 3 is 2.00 bits per heavy atom. The summed E-state index contributed by atoms with van der Waals surface area (Å²) in [6, 6.07) is 10.6. The van der Waals surface area contributed by atoms with Gasteiger partial charge in [-0.05, 0) is 71.7 Å². The fraction of sp³-hybridized carbons (Fsp3) is 0.500. The largest absolute Gasteiger partial charge is 0.422 e. The third kappa shape index (κ3) is 7.12. The Morgan fingerprint density at radius 2 is 1.37 bits per heavy atom. The summed E-state index contributed by atoms with van der Waals surface area (Å²) in [6.45, 7) is 2.25. The molecule has 0 bridgehead atoms. The van der Waals surface area contributed by atoms with Crippen LogP contribution in [-0.2, 0) is 25.4 Å². The van der Waals surface area contributed by atoms with Crippen molar-refractivity contribution >= 4 is 10.8 Å². The second kappa shape index (κ2) is 12.6. The van der Waals surface area contributed by atoms with Gasteiger partial charge < -0.3 is 0 Å². The standard InChI is InChI=1S/C32H36F6/c1-2-3-4-5-21-6-8-22(9-7-21)10-11-23-13-17-27-26(18-23)16-15-25(31(27)35)14-12-24-19-28(33)30(29(34)20-24)32(36,37)38/h13,15-22H,2-12,14H2,1H3. The summed E-state index contributed by atoms with van der Waals surface area (Å²) >= 11 is 0. The van der Waals surface area contributed by atoms with E-state index < -0.39 is 29.2 Å². The summed E-state index contributed by atoms with van der Waals surface area (Å²) in [6.07, 6.45) is 7.77. The number of alkyl halides is 3. The van der Waals surface area contributed by atoms with Gasteiger partial charge in [-0.1, -0.05) is 88.6 Å². The number of fused-ring (bicyclic) bond motifs is 1. The van der Waals surface area contributed by atoms with Crippen LogP contribution in [0.5, 0.6) is 0 Å². The molecule has 0 aromatic heterocycles. The van der Waals surface area contributed by atoms with Crippen molar-refractivity contribution in [2.24, 2.45) is 11.8 Å². The Morgan fingerprint density at radius 1 is 0.711 bits per heavy atom. The van der Waals surface area contributed by atoms with E-state index in [0.29, 0.717) is 23.1 Å². The molecule has 0 saturated heterocycles. The molecule has 0 nitrogen and oxygen atoms in total. The Balaban J connectivity index is 1.34. The molecule has 0 heterocycles. The third-order valence-corrected chi connectivity index (χ3v) is 8.19. The lowest BCUT2D eigenvalue weighted by atomic mass is 9.77. The molecule has 3 aromatic rings. The van der Waals surface area contributed by atoms with Crippen LogP contribution < -0.4 is 0 Å². The molecule has 0 N–H and O–H groups in total. The number of halogens is 6. The molecule has 4 rings (SSSR count). The van der Waals surface area contributed by atoms with Gasteiger partial charge in [0.15, 0.2) is 0 Å². The zero-order valence-electron chi connectivity index (χ0n) is 21.9. The maximum Gasteiger partial charge on any atom is 0.422 e. The van der Waals surface area contributed by atoms with Crippen molar-refractivity contribution in [2.75, 3.05) is 0 Å². The van der Waals surface area contributed by atoms with E-state index in [1.54, 1.807) is 12.1 Å². The molecule has 38 heavy (non-hydrogen) atoms. The molecule has 0 amide bonds. The first kappa shape index (κ1) is 28.5. The molecule has 0 spiro atoms. The SMILES string of the molecule is CCCCCC1CCC(CCc2ccc3c(F)c(CCc4cc(F)c(C(F)(F)F)c(F)c4)ccc3c2)CC1. The van der Waals surface area contributed by atoms with Crippen LogP contribution in [0.2, 0.25) is 0 Å². The topological polar surface area (TPSA) is 0 Å². The highest BCUT2D eigenvalue weighted by Crippen LogP contribution is 2.36. The molecule has 3 aromatic carbocycles. The normalized spacial score (nSPS) is 18.3. The highest BCUT2D eigenvalue weighted by atomic mass is 19.4. The van der Waals surface area contributed by atoms with Crippen molar-refractivity contribution in [1.29, 1.82) is 0 Å². The van der Waals surface area contributed by atoms with Gasteiger partial charge >= 0.3 is 6.18 Å². The molecule has 1 saturated carbocycles. The van der Waals surface area contributed by atoms with Gasteiger partial charge in [0, 0.05) is 5.39 Å². The lowest BCUT2D eigenvalue weighted by Gasteiger charge is -2.28. The summed E-state index contributed by atoms with van der Waals surface area (Å²) in [5.74, 6) is -2.05. The molecule has 1 aliphatic rings. The van der Waals surface area contributed by atoms with Crippen LogP contribution in [0.4, 0.5) is 26.3 Å². The van der Waals surface area contributed by atoms with Crippen molar-refractivity contribution in [2.45, 2.75) is 90.1 Å². The Bertz CT molecular complexity index is 1200. The lowest BCUT2D eigenvalue weighted by molar-refractivity contribution is -0.142. The smallest absolute Gasteiger partial charge is 0.206 e. The van der Waals surface area contributed by atoms with Crippen LogP contribution in [0.25, 0.3) is 10.8 Å². The molecule has 0 unspecified atom stereocenters. The molecule has 0 radical (unpaired) electrons. The van der Waals surface area contributed by atoms with Crippen LogP contribution >= 0.6 is 0 Å². The zero-order chi connectivity index (χ0) is 27.3. The van der Waals surface area contributed by atoms with Crippen LogP contribution in [0.3, 0.4) is 0 Å². The van der Waals surface area contributed by atoms with E-state index >= 15 is 4.39 Å². The fourth-order valence-electron chi connectivity index (χ4n) is 5.92. The van der Waals surface area contributed by atoms with E-state index in [4.69, 9.17) is 0 Å². The lowest BCUT2D eigenvalue weighted by Crippen LogP contribution is -2.15. The maximum atomic E-state index is 15.2. The van der Waals surface area contributed by atoms with E-state index in [2.05, 4.69) is 6.92 Å². The molecule has 0 atom stereocenters. The molecule has 6 heteroatoms. The van der Waals surface area contributed by atoms with Gasteiger partial charge in [-0.25, -0.2) is 13.2 Å². The number of aryl methyl sites for hydroxylation is 3. The first-order valence-corrected chi connectivity index (χ1v) is 13.9. The van der Waals surface area contributed by atoms with E-state index in [0.717, 1.165) is 30.1 Å². The highest BCUT2D eigenvalue weighted by molar-refractivity contribution is 5.84. The van der Waals surface area contributed by atoms with Crippen molar-refractivity contribution < 1.29 is 26.3 Å². The van der Waals surface area contributed by atoms with E-state index in [-0.39, 0.29) is 18.4 Å². The first-order valence-electron chi connectivity index (χ1n) is 13.9. The molecular formula is C32H36F6. The number of unbranched alkanes of at least 4 members (excludes halogenated alkanes) is 2. The Kier molecular flexibility index (Phi) is 9.43. The van der Waals surface area contributed by atoms with Gasteiger partial charge in [-0.15, -0.1) is 0 Å². The monoisotopic (exact) mass is 534 g/mol. The summed E-state index contributed by atoms with van der Waals surface area (Å²) in [4.78, 5) is 0. The van der Waals surface area contributed by atoms with Crippen molar-refractivity contribution in [3.63, 3.8) is 0 Å². The molecular weight excluding hydrogens is 498 g/mol. The zero-order valence-corrected chi connectivity index (χ0v) is 21.9. The Labute approximate surface area is 221 Å². The minimum Gasteiger partial charge on any atom is -0.206 e. The predicted octanol–water partition coefficient (Wildman–Crippen LogP) is 10.4.